The average molecular weight is 480 g/mol. The van der Waals surface area contributed by atoms with E-state index in [1.54, 1.807) is 13.0 Å². The molecule has 3 nitrogen and oxygen atoms in total. The van der Waals surface area contributed by atoms with Crippen LogP contribution in [0.3, 0.4) is 0 Å². The van der Waals surface area contributed by atoms with E-state index in [9.17, 15) is 31.6 Å². The van der Waals surface area contributed by atoms with Crippen molar-refractivity contribution in [2.45, 2.75) is 35.0 Å². The molecule has 0 bridgehead atoms. The van der Waals surface area contributed by atoms with E-state index in [4.69, 9.17) is 23.2 Å². The lowest BCUT2D eigenvalue weighted by Crippen LogP contribution is -2.08. The summed E-state index contributed by atoms with van der Waals surface area (Å²) in [6, 6.07) is 2.76. The molecule has 0 radical (unpaired) electrons. The number of alkyl halides is 6. The third-order valence-electron chi connectivity index (χ3n) is 3.12. The van der Waals surface area contributed by atoms with Crippen molar-refractivity contribution in [3.63, 3.8) is 0 Å². The molecule has 0 spiro atoms. The van der Waals surface area contributed by atoms with Crippen LogP contribution in [0.4, 0.5) is 26.3 Å². The van der Waals surface area contributed by atoms with E-state index in [-0.39, 0.29) is 10.7 Å². The minimum atomic E-state index is -4.72. The van der Waals surface area contributed by atoms with Crippen LogP contribution in [0.5, 0.6) is 0 Å². The van der Waals surface area contributed by atoms with Crippen molar-refractivity contribution in [2.24, 2.45) is 0 Å². The molecular formula is C15H9Cl2F6N3S2. The van der Waals surface area contributed by atoms with Crippen LogP contribution >= 0.6 is 46.7 Å². The molecule has 2 rings (SSSR count). The van der Waals surface area contributed by atoms with Crippen molar-refractivity contribution >= 4 is 46.7 Å². The highest BCUT2D eigenvalue weighted by molar-refractivity contribution is 8.02. The summed E-state index contributed by atoms with van der Waals surface area (Å²) in [4.78, 5) is -0.458. The lowest BCUT2D eigenvalue weighted by molar-refractivity contribution is -0.137. The Morgan fingerprint density at radius 2 is 1.71 bits per heavy atom. The largest absolute Gasteiger partial charge is 0.446 e. The molecule has 0 atom stereocenters. The van der Waals surface area contributed by atoms with Crippen LogP contribution in [-0.4, -0.2) is 21.0 Å². The molecule has 2 aromatic rings. The fourth-order valence-corrected chi connectivity index (χ4v) is 4.49. The third-order valence-corrected chi connectivity index (χ3v) is 5.91. The Balaban J connectivity index is 2.73. The quantitative estimate of drug-likeness (QED) is 0.336. The second-order valence-corrected chi connectivity index (χ2v) is 8.16. The smallest absolute Gasteiger partial charge is 0.222 e. The molecule has 0 amide bonds. The summed E-state index contributed by atoms with van der Waals surface area (Å²) >= 11 is 12.3. The average Bonchev–Trinajstić information content (AvgIpc) is 2.87. The number of halogens is 8. The summed E-state index contributed by atoms with van der Waals surface area (Å²) in [5.74, 6) is 0.373. The number of benzene rings is 1. The van der Waals surface area contributed by atoms with Gasteiger partial charge < -0.3 is 0 Å². The van der Waals surface area contributed by atoms with E-state index in [0.717, 1.165) is 16.4 Å². The first kappa shape index (κ1) is 23.1. The monoisotopic (exact) mass is 479 g/mol. The van der Waals surface area contributed by atoms with E-state index in [1.807, 2.05) is 0 Å². The number of aromatic nitrogens is 2. The first-order chi connectivity index (χ1) is 12.9. The summed E-state index contributed by atoms with van der Waals surface area (Å²) < 4.78 is 78.5. The van der Waals surface area contributed by atoms with Crippen LogP contribution in [-0.2, 0) is 6.18 Å². The van der Waals surface area contributed by atoms with Crippen LogP contribution in [0.2, 0.25) is 10.0 Å². The van der Waals surface area contributed by atoms with Gasteiger partial charge >= 0.3 is 11.7 Å². The maximum Gasteiger partial charge on any atom is 0.446 e. The van der Waals surface area contributed by atoms with Crippen molar-refractivity contribution in [2.75, 3.05) is 5.75 Å². The van der Waals surface area contributed by atoms with Gasteiger partial charge in [0.2, 0.25) is 0 Å². The predicted molar refractivity (Wildman–Crippen MR) is 96.2 cm³/mol. The van der Waals surface area contributed by atoms with Gasteiger partial charge in [-0.2, -0.15) is 36.7 Å². The number of nitriles is 1. The normalized spacial score (nSPS) is 12.3. The Kier molecular flexibility index (Phi) is 7.12. The number of hydrogen-bond acceptors (Lipinski definition) is 4. The summed E-state index contributed by atoms with van der Waals surface area (Å²) in [6.07, 6.45) is -4.13. The zero-order valence-corrected chi connectivity index (χ0v) is 16.9. The van der Waals surface area contributed by atoms with E-state index < -0.39 is 49.6 Å². The van der Waals surface area contributed by atoms with Crippen molar-refractivity contribution in [3.8, 4) is 11.8 Å². The summed E-state index contributed by atoms with van der Waals surface area (Å²) in [6.45, 7) is 1.79. The Hall–Kier alpha value is -1.22. The molecule has 28 heavy (non-hydrogen) atoms. The van der Waals surface area contributed by atoms with Crippen LogP contribution < -0.4 is 0 Å². The van der Waals surface area contributed by atoms with E-state index in [1.165, 1.54) is 0 Å². The molecule has 1 aromatic carbocycles. The van der Waals surface area contributed by atoms with Gasteiger partial charge in [-0.25, -0.2) is 4.68 Å². The highest BCUT2D eigenvalue weighted by atomic mass is 35.5. The maximum absolute atomic E-state index is 12.9. The molecule has 1 aromatic heterocycles. The van der Waals surface area contributed by atoms with Gasteiger partial charge in [0.1, 0.15) is 16.8 Å². The summed E-state index contributed by atoms with van der Waals surface area (Å²) in [7, 11) is 0. The Morgan fingerprint density at radius 1 is 1.14 bits per heavy atom. The van der Waals surface area contributed by atoms with E-state index in [0.29, 0.717) is 24.3 Å². The maximum atomic E-state index is 12.9. The van der Waals surface area contributed by atoms with Crippen LogP contribution in [0.25, 0.3) is 5.69 Å². The molecule has 1 heterocycles. The second kappa shape index (κ2) is 8.65. The van der Waals surface area contributed by atoms with Crippen molar-refractivity contribution < 1.29 is 26.3 Å². The van der Waals surface area contributed by atoms with Crippen molar-refractivity contribution in [1.29, 1.82) is 5.26 Å². The molecule has 13 heteroatoms. The first-order valence-corrected chi connectivity index (χ1v) is 9.93. The van der Waals surface area contributed by atoms with Gasteiger partial charge in [0.15, 0.2) is 5.69 Å². The lowest BCUT2D eigenvalue weighted by atomic mass is 10.2. The fraction of sp³-hybridized carbons (Fsp3) is 0.333. The molecule has 0 aliphatic heterocycles. The van der Waals surface area contributed by atoms with Gasteiger partial charge in [-0.15, -0.1) is 11.8 Å². The van der Waals surface area contributed by atoms with Gasteiger partial charge in [-0.3, -0.25) is 0 Å². The topological polar surface area (TPSA) is 41.6 Å². The van der Waals surface area contributed by atoms with Crippen LogP contribution in [0.1, 0.15) is 24.6 Å². The zero-order chi connectivity index (χ0) is 21.3. The number of rotatable bonds is 5. The van der Waals surface area contributed by atoms with Gasteiger partial charge in [0.25, 0.3) is 0 Å². The minimum Gasteiger partial charge on any atom is -0.222 e. The molecule has 0 saturated carbocycles. The van der Waals surface area contributed by atoms with E-state index >= 15 is 0 Å². The van der Waals surface area contributed by atoms with Gasteiger partial charge in [-0.05, 0) is 36.1 Å². The Bertz CT molecular complexity index is 895. The summed E-state index contributed by atoms with van der Waals surface area (Å²) in [5, 5.41) is 12.0. The molecule has 152 valence electrons. The zero-order valence-electron chi connectivity index (χ0n) is 13.8. The standard InChI is InChI=1S/C15H9Cl2F6N3S2/c1-2-3-27-13-12(28-15(21,22)23)10(6-24)25-26(13)11-8(16)4-7(5-9(11)17)14(18,19)20/h4-5H,2-3H2,1H3. The van der Waals surface area contributed by atoms with Crippen molar-refractivity contribution in [3.05, 3.63) is 33.4 Å². The van der Waals surface area contributed by atoms with Gasteiger partial charge in [-0.1, -0.05) is 30.1 Å². The molecule has 0 aliphatic carbocycles. The third kappa shape index (κ3) is 5.23. The van der Waals surface area contributed by atoms with Crippen LogP contribution in [0, 0.1) is 11.3 Å². The molecule has 0 aliphatic rings. The molecular weight excluding hydrogens is 471 g/mol. The lowest BCUT2D eigenvalue weighted by Gasteiger charge is -2.15. The second-order valence-electron chi connectivity index (χ2n) is 5.19. The summed E-state index contributed by atoms with van der Waals surface area (Å²) in [5.41, 5.74) is -6.59. The van der Waals surface area contributed by atoms with Gasteiger partial charge in [0, 0.05) is 0 Å². The van der Waals surface area contributed by atoms with Crippen molar-refractivity contribution in [1.82, 2.24) is 9.78 Å². The van der Waals surface area contributed by atoms with E-state index in [2.05, 4.69) is 5.10 Å². The Labute approximate surface area is 174 Å². The fourth-order valence-electron chi connectivity index (χ4n) is 2.08. The Morgan fingerprint density at radius 3 is 2.14 bits per heavy atom. The SMILES string of the molecule is CCCSc1c(SC(F)(F)F)c(C#N)nn1-c1c(Cl)cc(C(F)(F)F)cc1Cl. The number of nitrogens with zero attached hydrogens (tertiary/aromatic N) is 3. The highest BCUT2D eigenvalue weighted by Crippen LogP contribution is 2.46. The minimum absolute atomic E-state index is 0.0794. The number of thioether (sulfide) groups is 2. The first-order valence-electron chi connectivity index (χ1n) is 7.37. The molecule has 0 fully saturated rings. The predicted octanol–water partition coefficient (Wildman–Crippen LogP) is 7.18. The van der Waals surface area contributed by atoms with Crippen LogP contribution in [0.15, 0.2) is 22.1 Å². The molecule has 0 N–H and O–H groups in total. The number of hydrogen-bond donors (Lipinski definition) is 0. The highest BCUT2D eigenvalue weighted by Gasteiger charge is 2.36. The molecule has 0 unspecified atom stereocenters. The molecule has 0 saturated heterocycles. The van der Waals surface area contributed by atoms with Gasteiger partial charge in [0.05, 0.1) is 20.5 Å².